The summed E-state index contributed by atoms with van der Waals surface area (Å²) in [5, 5.41) is 23.9. The molecule has 1 saturated heterocycles. The minimum Gasteiger partial charge on any atom is -0.488 e. The van der Waals surface area contributed by atoms with Crippen molar-refractivity contribution >= 4 is 40.3 Å². The molecule has 1 fully saturated rings. The van der Waals surface area contributed by atoms with Crippen LogP contribution in [0.1, 0.15) is 50.2 Å². The van der Waals surface area contributed by atoms with Crippen LogP contribution in [0.4, 0.5) is 11.5 Å². The topological polar surface area (TPSA) is 133 Å². The molecule has 11 heteroatoms. The van der Waals surface area contributed by atoms with E-state index in [1.165, 1.54) is 12.3 Å². The summed E-state index contributed by atoms with van der Waals surface area (Å²) in [6, 6.07) is 23.3. The normalized spacial score (nSPS) is 14.2. The Morgan fingerprint density at radius 1 is 0.962 bits per heavy atom. The molecule has 0 saturated carbocycles. The second kappa shape index (κ2) is 15.8. The molecular weight excluding hydrogens is 688 g/mol. The minimum atomic E-state index is -0.255. The molecule has 0 amide bonds. The number of aliphatic hydroxyl groups is 1. The molecule has 266 valence electrons. The maximum Gasteiger partial charge on any atom is 0.156 e. The Hall–Kier alpha value is -5.86. The van der Waals surface area contributed by atoms with Crippen LogP contribution in [0, 0.1) is 25.2 Å². The van der Waals surface area contributed by atoms with Crippen LogP contribution in [0.25, 0.3) is 22.0 Å². The van der Waals surface area contributed by atoms with Crippen molar-refractivity contribution in [3.63, 3.8) is 0 Å². The summed E-state index contributed by atoms with van der Waals surface area (Å²) in [5.41, 5.74) is 9.42. The molecule has 0 unspecified atom stereocenters. The molecule has 1 atom stereocenters. The van der Waals surface area contributed by atoms with Crippen LogP contribution in [0.2, 0.25) is 5.02 Å². The van der Waals surface area contributed by atoms with Crippen LogP contribution in [-0.4, -0.2) is 50.4 Å². The van der Waals surface area contributed by atoms with E-state index < -0.39 is 0 Å². The first-order chi connectivity index (χ1) is 25.8. The Kier molecular flexibility index (Phi) is 10.6. The number of aromatic nitrogens is 3. The van der Waals surface area contributed by atoms with Gasteiger partial charge in [0.25, 0.3) is 0 Å². The van der Waals surface area contributed by atoms with Crippen molar-refractivity contribution in [3.8, 4) is 28.7 Å². The highest BCUT2D eigenvalue weighted by atomic mass is 35.5. The Bertz CT molecular complexity index is 2360. The number of fused-ring (bicyclic) bond motifs is 1. The lowest BCUT2D eigenvalue weighted by Crippen LogP contribution is -2.21. The summed E-state index contributed by atoms with van der Waals surface area (Å²) in [6.07, 6.45) is 8.00. The lowest BCUT2D eigenvalue weighted by Gasteiger charge is -2.18. The first kappa shape index (κ1) is 35.5. The van der Waals surface area contributed by atoms with Gasteiger partial charge in [-0.3, -0.25) is 19.7 Å². The first-order valence-electron chi connectivity index (χ1n) is 17.3. The third kappa shape index (κ3) is 7.98. The SMILES string of the molecule is Cc1c(COc2cc(OCc3cncc(C#N)c3)c(C=O)cc2Cl)cccc1-c1cccc(Nc2nccc3cc(CN4CC[C@@H](O)C4)cnc23)c1C. The second-order valence-corrected chi connectivity index (χ2v) is 13.6. The molecule has 0 spiro atoms. The number of carbonyl (C=O) groups is 1. The van der Waals surface area contributed by atoms with Crippen molar-refractivity contribution in [2.24, 2.45) is 0 Å². The largest absolute Gasteiger partial charge is 0.488 e. The maximum absolute atomic E-state index is 11.8. The van der Waals surface area contributed by atoms with Crippen molar-refractivity contribution in [1.29, 1.82) is 5.26 Å². The van der Waals surface area contributed by atoms with Crippen molar-refractivity contribution in [1.82, 2.24) is 19.9 Å². The van der Waals surface area contributed by atoms with Crippen molar-refractivity contribution in [3.05, 3.63) is 135 Å². The standard InChI is InChI=1S/C42H37ClN6O4/c1-26-32(25-53-40-16-39(33(23-50)15-37(40)43)52-24-30-13-28(17-44)18-45-19-30)5-3-6-35(26)36-7-4-8-38(27(36)2)48-42-41-31(9-11-46-42)14-29(20-47-41)21-49-12-10-34(51)22-49/h3-9,11,13-16,18-20,23,34,51H,10,12,21-22,24-25H2,1-2H3,(H,46,48)/t34-/m1/s1. The average molecular weight is 725 g/mol. The summed E-state index contributed by atoms with van der Waals surface area (Å²) in [5.74, 6) is 1.37. The number of aliphatic hydroxyl groups excluding tert-OH is 1. The lowest BCUT2D eigenvalue weighted by atomic mass is 9.93. The number of benzene rings is 3. The number of ether oxygens (including phenoxy) is 2. The lowest BCUT2D eigenvalue weighted by molar-refractivity contribution is 0.111. The quantitative estimate of drug-likeness (QED) is 0.119. The first-order valence-corrected chi connectivity index (χ1v) is 17.7. The number of aldehydes is 1. The number of nitrogens with zero attached hydrogens (tertiary/aromatic N) is 5. The number of anilines is 2. The number of carbonyl (C=O) groups excluding carboxylic acids is 1. The molecule has 6 aromatic rings. The third-order valence-electron chi connectivity index (χ3n) is 9.53. The van der Waals surface area contributed by atoms with E-state index >= 15 is 0 Å². The van der Waals surface area contributed by atoms with Gasteiger partial charge in [0.1, 0.15) is 36.3 Å². The van der Waals surface area contributed by atoms with Crippen LogP contribution in [-0.2, 0) is 19.8 Å². The molecule has 2 N–H and O–H groups in total. The van der Waals surface area contributed by atoms with E-state index in [0.717, 1.165) is 69.5 Å². The molecule has 3 aromatic carbocycles. The van der Waals surface area contributed by atoms with Gasteiger partial charge in [0.2, 0.25) is 0 Å². The van der Waals surface area contributed by atoms with Gasteiger partial charge >= 0.3 is 0 Å². The van der Waals surface area contributed by atoms with Gasteiger partial charge in [-0.25, -0.2) is 4.98 Å². The predicted octanol–water partition coefficient (Wildman–Crippen LogP) is 8.11. The molecule has 0 aliphatic carbocycles. The van der Waals surface area contributed by atoms with Gasteiger partial charge in [-0.1, -0.05) is 41.9 Å². The fourth-order valence-corrected chi connectivity index (χ4v) is 6.87. The summed E-state index contributed by atoms with van der Waals surface area (Å²) in [7, 11) is 0. The van der Waals surface area contributed by atoms with Gasteiger partial charge in [0.15, 0.2) is 12.1 Å². The third-order valence-corrected chi connectivity index (χ3v) is 9.82. The molecule has 7 rings (SSSR count). The molecule has 3 aromatic heterocycles. The molecule has 53 heavy (non-hydrogen) atoms. The molecule has 0 bridgehead atoms. The Morgan fingerprint density at radius 3 is 2.57 bits per heavy atom. The number of hydrogen-bond donors (Lipinski definition) is 2. The number of pyridine rings is 3. The van der Waals surface area contributed by atoms with Gasteiger partial charge in [-0.15, -0.1) is 0 Å². The van der Waals surface area contributed by atoms with Gasteiger partial charge in [-0.2, -0.15) is 5.26 Å². The van der Waals surface area contributed by atoms with Gasteiger partial charge in [0, 0.05) is 67.1 Å². The molecule has 0 radical (unpaired) electrons. The zero-order valence-corrected chi connectivity index (χ0v) is 30.1. The van der Waals surface area contributed by atoms with Crippen LogP contribution in [0.15, 0.2) is 91.5 Å². The summed E-state index contributed by atoms with van der Waals surface area (Å²) in [4.78, 5) is 27.6. The Morgan fingerprint density at radius 2 is 1.77 bits per heavy atom. The van der Waals surface area contributed by atoms with Crippen LogP contribution in [0.5, 0.6) is 11.5 Å². The van der Waals surface area contributed by atoms with Crippen LogP contribution in [0.3, 0.4) is 0 Å². The van der Waals surface area contributed by atoms with E-state index in [1.807, 2.05) is 36.5 Å². The van der Waals surface area contributed by atoms with E-state index in [-0.39, 0.29) is 29.9 Å². The van der Waals surface area contributed by atoms with Crippen LogP contribution >= 0.6 is 11.6 Å². The van der Waals surface area contributed by atoms with E-state index in [4.69, 9.17) is 26.1 Å². The highest BCUT2D eigenvalue weighted by Crippen LogP contribution is 2.36. The zero-order chi connectivity index (χ0) is 36.9. The van der Waals surface area contributed by atoms with Gasteiger partial charge in [-0.05, 0) is 84.0 Å². The average Bonchev–Trinajstić information content (AvgIpc) is 3.59. The molecule has 1 aliphatic heterocycles. The zero-order valence-electron chi connectivity index (χ0n) is 29.3. The summed E-state index contributed by atoms with van der Waals surface area (Å²) in [6.45, 7) is 6.82. The van der Waals surface area contributed by atoms with E-state index in [2.05, 4.69) is 58.3 Å². The molecular formula is C42H37ClN6O4. The second-order valence-electron chi connectivity index (χ2n) is 13.2. The molecule has 1 aliphatic rings. The monoisotopic (exact) mass is 724 g/mol. The summed E-state index contributed by atoms with van der Waals surface area (Å²) < 4.78 is 12.2. The van der Waals surface area contributed by atoms with Crippen molar-refractivity contribution in [2.45, 2.75) is 46.1 Å². The number of halogens is 1. The van der Waals surface area contributed by atoms with Crippen molar-refractivity contribution in [2.75, 3.05) is 18.4 Å². The number of β-amino-alcohol motifs (C(OH)–C–C–N with tert-alkyl or cyclic N) is 1. The van der Waals surface area contributed by atoms with E-state index in [1.54, 1.807) is 24.5 Å². The Balaban J connectivity index is 1.08. The smallest absolute Gasteiger partial charge is 0.156 e. The van der Waals surface area contributed by atoms with E-state index in [0.29, 0.717) is 41.3 Å². The van der Waals surface area contributed by atoms with Gasteiger partial charge < -0.3 is 19.9 Å². The number of nitrogens with one attached hydrogen (secondary N) is 1. The highest BCUT2D eigenvalue weighted by molar-refractivity contribution is 6.32. The number of likely N-dealkylation sites (tertiary alicyclic amines) is 1. The predicted molar refractivity (Wildman–Crippen MR) is 205 cm³/mol. The fraction of sp³-hybridized carbons (Fsp3) is 0.214. The number of rotatable bonds is 12. The highest BCUT2D eigenvalue weighted by Gasteiger charge is 2.21. The number of hydrogen-bond acceptors (Lipinski definition) is 10. The number of nitriles is 1. The molecule has 4 heterocycles. The maximum atomic E-state index is 11.8. The summed E-state index contributed by atoms with van der Waals surface area (Å²) >= 11 is 6.55. The van der Waals surface area contributed by atoms with Crippen molar-refractivity contribution < 1.29 is 19.4 Å². The van der Waals surface area contributed by atoms with Crippen LogP contribution < -0.4 is 14.8 Å². The molecule has 10 nitrogen and oxygen atoms in total. The Labute approximate surface area is 312 Å². The van der Waals surface area contributed by atoms with E-state index in [9.17, 15) is 15.2 Å². The fourth-order valence-electron chi connectivity index (χ4n) is 6.64. The van der Waals surface area contributed by atoms with Gasteiger partial charge in [0.05, 0.1) is 22.3 Å². The minimum absolute atomic E-state index is 0.109.